The second-order valence-corrected chi connectivity index (χ2v) is 5.26. The summed E-state index contributed by atoms with van der Waals surface area (Å²) in [5, 5.41) is 0. The van der Waals surface area contributed by atoms with E-state index in [-0.39, 0.29) is 18.6 Å². The van der Waals surface area contributed by atoms with Gasteiger partial charge in [-0.05, 0) is 23.3 Å². The molecule has 1 unspecified atom stereocenters. The molecule has 0 radical (unpaired) electrons. The van der Waals surface area contributed by atoms with Crippen molar-refractivity contribution in [2.75, 3.05) is 0 Å². The van der Waals surface area contributed by atoms with Crippen molar-refractivity contribution < 1.29 is 4.74 Å². The number of benzene rings is 2. The summed E-state index contributed by atoms with van der Waals surface area (Å²) in [6.45, 7) is 2.16. The first kappa shape index (κ1) is 17.1. The Morgan fingerprint density at radius 2 is 1.70 bits per heavy atom. The van der Waals surface area contributed by atoms with E-state index in [1.165, 1.54) is 11.1 Å². The van der Waals surface area contributed by atoms with Gasteiger partial charge in [0.25, 0.3) is 0 Å². The molecule has 0 amide bonds. The Balaban J connectivity index is 0.00000192. The van der Waals surface area contributed by atoms with Gasteiger partial charge < -0.3 is 9.30 Å². The van der Waals surface area contributed by atoms with Crippen LogP contribution in [0.3, 0.4) is 0 Å². The van der Waals surface area contributed by atoms with E-state index in [1.807, 2.05) is 29.0 Å². The molecule has 0 bridgehead atoms. The fourth-order valence-corrected chi connectivity index (χ4v) is 2.47. The van der Waals surface area contributed by atoms with E-state index in [9.17, 15) is 0 Å². The largest absolute Gasteiger partial charge is 0.470 e. The van der Waals surface area contributed by atoms with Crippen LogP contribution in [0.1, 0.15) is 26.0 Å². The van der Waals surface area contributed by atoms with Crippen LogP contribution < -0.4 is 4.74 Å². The normalized spacial score (nSPS) is 11.5. The lowest BCUT2D eigenvalue weighted by Gasteiger charge is -2.20. The first-order valence-electron chi connectivity index (χ1n) is 7.66. The lowest BCUT2D eigenvalue weighted by molar-refractivity contribution is 0.121. The van der Waals surface area contributed by atoms with Crippen LogP contribution >= 0.6 is 12.4 Å². The third-order valence-electron chi connectivity index (χ3n) is 3.63. The van der Waals surface area contributed by atoms with E-state index < -0.39 is 0 Å². The van der Waals surface area contributed by atoms with Crippen LogP contribution in [0.25, 0.3) is 11.1 Å². The Morgan fingerprint density at radius 1 is 1.00 bits per heavy atom. The van der Waals surface area contributed by atoms with E-state index in [2.05, 4.69) is 48.3 Å². The topological polar surface area (TPSA) is 27.1 Å². The molecule has 120 valence electrons. The van der Waals surface area contributed by atoms with Crippen molar-refractivity contribution in [1.29, 1.82) is 0 Å². The number of imidazole rings is 1. The first-order chi connectivity index (χ1) is 10.9. The highest BCUT2D eigenvalue weighted by Crippen LogP contribution is 2.25. The van der Waals surface area contributed by atoms with E-state index in [1.54, 1.807) is 12.5 Å². The summed E-state index contributed by atoms with van der Waals surface area (Å²) in [5.74, 6) is 0.881. The van der Waals surface area contributed by atoms with Gasteiger partial charge in [-0.3, -0.25) is 0 Å². The van der Waals surface area contributed by atoms with Gasteiger partial charge in [0.1, 0.15) is 5.75 Å². The maximum Gasteiger partial charge on any atom is 0.176 e. The molecule has 0 saturated carbocycles. The van der Waals surface area contributed by atoms with Crippen molar-refractivity contribution in [3.8, 4) is 16.9 Å². The minimum Gasteiger partial charge on any atom is -0.470 e. The molecule has 3 aromatic rings. The maximum atomic E-state index is 6.11. The number of halogens is 1. The molecular formula is C19H21ClN2O. The molecule has 1 aromatic heterocycles. The predicted molar refractivity (Wildman–Crippen MR) is 95.9 cm³/mol. The molecule has 0 aliphatic heterocycles. The van der Waals surface area contributed by atoms with Gasteiger partial charge >= 0.3 is 0 Å². The van der Waals surface area contributed by atoms with E-state index >= 15 is 0 Å². The third kappa shape index (κ3) is 4.36. The highest BCUT2D eigenvalue weighted by atomic mass is 35.5. The summed E-state index contributed by atoms with van der Waals surface area (Å²) in [5.41, 5.74) is 2.41. The molecule has 1 atom stereocenters. The molecule has 2 aromatic carbocycles. The molecule has 0 spiro atoms. The Kier molecular flexibility index (Phi) is 6.24. The summed E-state index contributed by atoms with van der Waals surface area (Å²) in [4.78, 5) is 4.10. The zero-order chi connectivity index (χ0) is 15.2. The highest BCUT2D eigenvalue weighted by Gasteiger charge is 2.11. The van der Waals surface area contributed by atoms with Crippen LogP contribution in [0.2, 0.25) is 0 Å². The van der Waals surface area contributed by atoms with Gasteiger partial charge in [0.2, 0.25) is 0 Å². The summed E-state index contributed by atoms with van der Waals surface area (Å²) < 4.78 is 8.12. The number of hydrogen-bond donors (Lipinski definition) is 0. The van der Waals surface area contributed by atoms with Crippen molar-refractivity contribution >= 4 is 12.4 Å². The molecule has 3 nitrogen and oxygen atoms in total. The zero-order valence-electron chi connectivity index (χ0n) is 13.1. The summed E-state index contributed by atoms with van der Waals surface area (Å²) in [6, 6.07) is 18.6. The van der Waals surface area contributed by atoms with Crippen LogP contribution in [0.15, 0.2) is 73.3 Å². The standard InChI is InChI=1S/C19H20N2O.ClH/c1-2-6-19(21-14-13-20-15-21)22-18-11-9-17(10-12-18)16-7-4-3-5-8-16;/h3-5,7-15,19H,2,6H2,1H3;1H. The van der Waals surface area contributed by atoms with Crippen molar-refractivity contribution in [3.63, 3.8) is 0 Å². The van der Waals surface area contributed by atoms with Gasteiger partial charge in [0.05, 0.1) is 6.33 Å². The molecule has 3 rings (SSSR count). The second kappa shape index (κ2) is 8.39. The minimum atomic E-state index is -0.00456. The van der Waals surface area contributed by atoms with Crippen LogP contribution in [-0.4, -0.2) is 9.55 Å². The number of hydrogen-bond acceptors (Lipinski definition) is 2. The molecule has 4 heteroatoms. The van der Waals surface area contributed by atoms with Crippen LogP contribution in [0.4, 0.5) is 0 Å². The average molecular weight is 329 g/mol. The van der Waals surface area contributed by atoms with Crippen LogP contribution in [0, 0.1) is 0 Å². The third-order valence-corrected chi connectivity index (χ3v) is 3.63. The van der Waals surface area contributed by atoms with Crippen LogP contribution in [0.5, 0.6) is 5.75 Å². The Morgan fingerprint density at radius 3 is 2.30 bits per heavy atom. The molecule has 0 fully saturated rings. The summed E-state index contributed by atoms with van der Waals surface area (Å²) in [6.07, 6.45) is 7.54. The van der Waals surface area contributed by atoms with E-state index in [0.717, 1.165) is 18.6 Å². The zero-order valence-corrected chi connectivity index (χ0v) is 13.9. The summed E-state index contributed by atoms with van der Waals surface area (Å²) >= 11 is 0. The van der Waals surface area contributed by atoms with Gasteiger partial charge in [-0.2, -0.15) is 0 Å². The number of ether oxygens (including phenoxy) is 1. The lowest BCUT2D eigenvalue weighted by Crippen LogP contribution is -2.14. The molecule has 1 heterocycles. The van der Waals surface area contributed by atoms with Crippen molar-refractivity contribution in [3.05, 3.63) is 73.3 Å². The van der Waals surface area contributed by atoms with E-state index in [4.69, 9.17) is 4.74 Å². The van der Waals surface area contributed by atoms with E-state index in [0.29, 0.717) is 0 Å². The fraction of sp³-hybridized carbons (Fsp3) is 0.211. The molecule has 0 N–H and O–H groups in total. The van der Waals surface area contributed by atoms with Gasteiger partial charge in [-0.25, -0.2) is 4.98 Å². The van der Waals surface area contributed by atoms with Crippen LogP contribution in [-0.2, 0) is 0 Å². The number of rotatable bonds is 6. The Bertz CT molecular complexity index is 681. The molecule has 0 aliphatic carbocycles. The lowest BCUT2D eigenvalue weighted by atomic mass is 10.1. The Labute approximate surface area is 143 Å². The van der Waals surface area contributed by atoms with Gasteiger partial charge in [-0.15, -0.1) is 12.4 Å². The number of nitrogens with zero attached hydrogens (tertiary/aromatic N) is 2. The molecular weight excluding hydrogens is 308 g/mol. The van der Waals surface area contributed by atoms with Crippen molar-refractivity contribution in [2.45, 2.75) is 26.0 Å². The smallest absolute Gasteiger partial charge is 0.176 e. The molecule has 23 heavy (non-hydrogen) atoms. The minimum absolute atomic E-state index is 0. The SMILES string of the molecule is CCCC(Oc1ccc(-c2ccccc2)cc1)n1ccnc1.Cl. The van der Waals surface area contributed by atoms with Crippen molar-refractivity contribution in [2.24, 2.45) is 0 Å². The van der Waals surface area contributed by atoms with Crippen molar-refractivity contribution in [1.82, 2.24) is 9.55 Å². The predicted octanol–water partition coefficient (Wildman–Crippen LogP) is 5.35. The fourth-order valence-electron chi connectivity index (χ4n) is 2.47. The van der Waals surface area contributed by atoms with Gasteiger partial charge in [0.15, 0.2) is 6.23 Å². The maximum absolute atomic E-state index is 6.11. The highest BCUT2D eigenvalue weighted by molar-refractivity contribution is 5.85. The first-order valence-corrected chi connectivity index (χ1v) is 7.66. The molecule has 0 aliphatic rings. The average Bonchev–Trinajstić information content (AvgIpc) is 3.10. The molecule has 0 saturated heterocycles. The van der Waals surface area contributed by atoms with Gasteiger partial charge in [-0.1, -0.05) is 55.8 Å². The van der Waals surface area contributed by atoms with Gasteiger partial charge in [0, 0.05) is 18.8 Å². The monoisotopic (exact) mass is 328 g/mol. The second-order valence-electron chi connectivity index (χ2n) is 5.26. The number of aromatic nitrogens is 2. The Hall–Kier alpha value is -2.26. The summed E-state index contributed by atoms with van der Waals surface area (Å²) in [7, 11) is 0. The quantitative estimate of drug-likeness (QED) is 0.610.